The second kappa shape index (κ2) is 3.09. The lowest BCUT2D eigenvalue weighted by Crippen LogP contribution is -2.15. The first-order valence-electron chi connectivity index (χ1n) is 3.59. The monoisotopic (exact) mass is 171 g/mol. The van der Waals surface area contributed by atoms with Gasteiger partial charge in [0, 0.05) is 19.2 Å². The number of hydrogen-bond acceptors (Lipinski definition) is 4. The molecule has 0 radical (unpaired) electrons. The Hall–Kier alpha value is -0.770. The summed E-state index contributed by atoms with van der Waals surface area (Å²) >= 11 is 1.46. The van der Waals surface area contributed by atoms with E-state index in [1.54, 1.807) is 0 Å². The van der Waals surface area contributed by atoms with Crippen LogP contribution in [0.2, 0.25) is 0 Å². The summed E-state index contributed by atoms with van der Waals surface area (Å²) < 4.78 is 4.06. The van der Waals surface area contributed by atoms with Crippen LogP contribution in [0.5, 0.6) is 0 Å². The van der Waals surface area contributed by atoms with Gasteiger partial charge in [-0.3, -0.25) is 0 Å². The standard InChI is InChI=1S/C7H13N3S/c1-4-10(3)7-5(2)6(8)9-11-7/h4H2,1-3H3,(H2,8,9). The molecule has 3 nitrogen and oxygen atoms in total. The second-order valence-corrected chi connectivity index (χ2v) is 3.26. The zero-order chi connectivity index (χ0) is 8.43. The van der Waals surface area contributed by atoms with E-state index in [0.717, 1.165) is 12.1 Å². The molecule has 0 bridgehead atoms. The molecular formula is C7H13N3S. The number of rotatable bonds is 2. The van der Waals surface area contributed by atoms with Crippen molar-refractivity contribution in [2.45, 2.75) is 13.8 Å². The van der Waals surface area contributed by atoms with Crippen molar-refractivity contribution in [3.05, 3.63) is 5.56 Å². The molecule has 0 saturated carbocycles. The van der Waals surface area contributed by atoms with Crippen molar-refractivity contribution in [3.63, 3.8) is 0 Å². The Morgan fingerprint density at radius 1 is 1.64 bits per heavy atom. The first-order chi connectivity index (χ1) is 5.16. The molecule has 4 heteroatoms. The van der Waals surface area contributed by atoms with Gasteiger partial charge in [-0.15, -0.1) is 0 Å². The van der Waals surface area contributed by atoms with Crippen LogP contribution in [0.1, 0.15) is 12.5 Å². The Bertz CT molecular complexity index is 244. The number of hydrogen-bond donors (Lipinski definition) is 1. The summed E-state index contributed by atoms with van der Waals surface area (Å²) in [7, 11) is 2.04. The molecule has 0 amide bonds. The molecule has 0 spiro atoms. The number of nitrogens with zero attached hydrogens (tertiary/aromatic N) is 2. The van der Waals surface area contributed by atoms with Crippen LogP contribution < -0.4 is 10.6 Å². The highest BCUT2D eigenvalue weighted by Crippen LogP contribution is 2.27. The van der Waals surface area contributed by atoms with E-state index < -0.39 is 0 Å². The molecule has 0 aliphatic heterocycles. The van der Waals surface area contributed by atoms with Gasteiger partial charge in [0.25, 0.3) is 0 Å². The van der Waals surface area contributed by atoms with Gasteiger partial charge in [-0.25, -0.2) is 0 Å². The van der Waals surface area contributed by atoms with Gasteiger partial charge < -0.3 is 10.6 Å². The fourth-order valence-corrected chi connectivity index (χ4v) is 1.67. The molecular weight excluding hydrogens is 158 g/mol. The highest BCUT2D eigenvalue weighted by molar-refractivity contribution is 7.10. The fourth-order valence-electron chi connectivity index (χ4n) is 0.838. The van der Waals surface area contributed by atoms with Crippen LogP contribution in [0.3, 0.4) is 0 Å². The lowest BCUT2D eigenvalue weighted by atomic mass is 10.3. The molecule has 11 heavy (non-hydrogen) atoms. The maximum Gasteiger partial charge on any atom is 0.142 e. The molecule has 2 N–H and O–H groups in total. The number of nitrogen functional groups attached to an aromatic ring is 1. The molecule has 0 aromatic carbocycles. The van der Waals surface area contributed by atoms with Crippen LogP contribution in [0.25, 0.3) is 0 Å². The van der Waals surface area contributed by atoms with Gasteiger partial charge >= 0.3 is 0 Å². The Morgan fingerprint density at radius 2 is 2.27 bits per heavy atom. The van der Waals surface area contributed by atoms with Crippen LogP contribution in [0.15, 0.2) is 0 Å². The third-order valence-corrected chi connectivity index (χ3v) is 2.84. The van der Waals surface area contributed by atoms with E-state index in [4.69, 9.17) is 5.73 Å². The van der Waals surface area contributed by atoms with E-state index in [2.05, 4.69) is 16.2 Å². The first-order valence-corrected chi connectivity index (χ1v) is 4.37. The highest BCUT2D eigenvalue weighted by Gasteiger charge is 2.08. The molecule has 0 saturated heterocycles. The number of anilines is 2. The number of nitrogens with two attached hydrogens (primary N) is 1. The van der Waals surface area contributed by atoms with E-state index in [0.29, 0.717) is 5.82 Å². The van der Waals surface area contributed by atoms with Gasteiger partial charge in [0.05, 0.1) is 0 Å². The van der Waals surface area contributed by atoms with Gasteiger partial charge in [-0.2, -0.15) is 4.37 Å². The van der Waals surface area contributed by atoms with Crippen molar-refractivity contribution in [1.29, 1.82) is 0 Å². The molecule has 1 heterocycles. The van der Waals surface area contributed by atoms with Gasteiger partial charge in [0.15, 0.2) is 0 Å². The quantitative estimate of drug-likeness (QED) is 0.733. The van der Waals surface area contributed by atoms with Gasteiger partial charge in [-0.05, 0) is 25.4 Å². The van der Waals surface area contributed by atoms with Crippen molar-refractivity contribution < 1.29 is 0 Å². The van der Waals surface area contributed by atoms with Gasteiger partial charge in [0.2, 0.25) is 0 Å². The van der Waals surface area contributed by atoms with Crippen LogP contribution in [0.4, 0.5) is 10.8 Å². The van der Waals surface area contributed by atoms with E-state index >= 15 is 0 Å². The molecule has 1 aromatic heterocycles. The lowest BCUT2D eigenvalue weighted by Gasteiger charge is -2.13. The van der Waals surface area contributed by atoms with E-state index in [1.807, 2.05) is 14.0 Å². The van der Waals surface area contributed by atoms with Crippen LogP contribution in [0, 0.1) is 6.92 Å². The molecule has 0 fully saturated rings. The summed E-state index contributed by atoms with van der Waals surface area (Å²) in [4.78, 5) is 2.14. The Morgan fingerprint density at radius 3 is 2.64 bits per heavy atom. The first kappa shape index (κ1) is 8.33. The predicted octanol–water partition coefficient (Wildman–Crippen LogP) is 1.49. The maximum absolute atomic E-state index is 5.61. The Labute approximate surface area is 71.0 Å². The average Bonchev–Trinajstić information content (AvgIpc) is 2.32. The fraction of sp³-hybridized carbons (Fsp3) is 0.571. The van der Waals surface area contributed by atoms with Crippen molar-refractivity contribution in [2.75, 3.05) is 24.2 Å². The smallest absolute Gasteiger partial charge is 0.142 e. The summed E-state index contributed by atoms with van der Waals surface area (Å²) in [6, 6.07) is 0. The van der Waals surface area contributed by atoms with Crippen molar-refractivity contribution >= 4 is 22.4 Å². The van der Waals surface area contributed by atoms with Crippen molar-refractivity contribution in [3.8, 4) is 0 Å². The average molecular weight is 171 g/mol. The second-order valence-electron chi connectivity index (χ2n) is 2.51. The predicted molar refractivity (Wildman–Crippen MR) is 50.2 cm³/mol. The van der Waals surface area contributed by atoms with Crippen LogP contribution >= 0.6 is 11.5 Å². The third-order valence-electron chi connectivity index (χ3n) is 1.76. The maximum atomic E-state index is 5.61. The normalized spacial score (nSPS) is 10.1. The highest BCUT2D eigenvalue weighted by atomic mass is 32.1. The minimum absolute atomic E-state index is 0.658. The molecule has 1 rings (SSSR count). The van der Waals surface area contributed by atoms with Crippen molar-refractivity contribution in [2.24, 2.45) is 0 Å². The van der Waals surface area contributed by atoms with Gasteiger partial charge in [0.1, 0.15) is 10.8 Å². The van der Waals surface area contributed by atoms with Crippen LogP contribution in [-0.4, -0.2) is 18.0 Å². The molecule has 0 unspecified atom stereocenters. The minimum atomic E-state index is 0.658. The zero-order valence-electron chi connectivity index (χ0n) is 7.09. The summed E-state index contributed by atoms with van der Waals surface area (Å²) in [6.07, 6.45) is 0. The summed E-state index contributed by atoms with van der Waals surface area (Å²) in [6.45, 7) is 5.10. The molecule has 0 atom stereocenters. The van der Waals surface area contributed by atoms with Gasteiger partial charge in [-0.1, -0.05) is 0 Å². The topological polar surface area (TPSA) is 42.2 Å². The summed E-state index contributed by atoms with van der Waals surface area (Å²) in [5, 5.41) is 1.17. The van der Waals surface area contributed by atoms with E-state index in [-0.39, 0.29) is 0 Å². The lowest BCUT2D eigenvalue weighted by molar-refractivity contribution is 0.976. The summed E-state index contributed by atoms with van der Waals surface area (Å²) in [5.41, 5.74) is 6.70. The van der Waals surface area contributed by atoms with E-state index in [9.17, 15) is 0 Å². The molecule has 0 aliphatic rings. The largest absolute Gasteiger partial charge is 0.383 e. The zero-order valence-corrected chi connectivity index (χ0v) is 7.90. The number of aromatic nitrogens is 1. The Balaban J connectivity index is 2.94. The molecule has 1 aromatic rings. The third kappa shape index (κ3) is 1.45. The van der Waals surface area contributed by atoms with Crippen molar-refractivity contribution in [1.82, 2.24) is 4.37 Å². The minimum Gasteiger partial charge on any atom is -0.383 e. The SMILES string of the molecule is CCN(C)c1snc(N)c1C. The molecule has 62 valence electrons. The Kier molecular flexibility index (Phi) is 2.34. The summed E-state index contributed by atoms with van der Waals surface area (Å²) in [5.74, 6) is 0.658. The molecule has 0 aliphatic carbocycles. The van der Waals surface area contributed by atoms with E-state index in [1.165, 1.54) is 16.5 Å². The van der Waals surface area contributed by atoms with Crippen LogP contribution in [-0.2, 0) is 0 Å².